The Morgan fingerprint density at radius 2 is 2.06 bits per heavy atom. The predicted octanol–water partition coefficient (Wildman–Crippen LogP) is 4.10. The zero-order valence-corrected chi connectivity index (χ0v) is 11.7. The van der Waals surface area contributed by atoms with Crippen molar-refractivity contribution < 1.29 is 9.53 Å². The molecular formula is C13H11BrO2S. The molecule has 0 saturated heterocycles. The number of thiophene rings is 1. The zero-order valence-electron chi connectivity index (χ0n) is 9.27. The van der Waals surface area contributed by atoms with Crippen LogP contribution in [0.4, 0.5) is 0 Å². The van der Waals surface area contributed by atoms with Crippen molar-refractivity contribution in [2.45, 2.75) is 5.33 Å². The Kier molecular flexibility index (Phi) is 3.97. The molecule has 1 aromatic heterocycles. The van der Waals surface area contributed by atoms with Gasteiger partial charge in [0.1, 0.15) is 4.88 Å². The summed E-state index contributed by atoms with van der Waals surface area (Å²) in [5.41, 5.74) is 3.18. The highest BCUT2D eigenvalue weighted by molar-refractivity contribution is 9.08. The van der Waals surface area contributed by atoms with Crippen LogP contribution in [0.3, 0.4) is 0 Å². The van der Waals surface area contributed by atoms with E-state index in [1.54, 1.807) is 0 Å². The van der Waals surface area contributed by atoms with E-state index in [9.17, 15) is 4.79 Å². The van der Waals surface area contributed by atoms with E-state index >= 15 is 0 Å². The molecule has 0 radical (unpaired) electrons. The third-order valence-electron chi connectivity index (χ3n) is 2.49. The van der Waals surface area contributed by atoms with Gasteiger partial charge in [-0.15, -0.1) is 11.3 Å². The van der Waals surface area contributed by atoms with Crippen LogP contribution in [-0.4, -0.2) is 13.1 Å². The molecule has 17 heavy (non-hydrogen) atoms. The standard InChI is InChI=1S/C13H11BrO2S/c1-16-13(15)12-11(6-7-17-12)10-5-3-2-4-9(10)8-14/h2-7H,8H2,1H3. The van der Waals surface area contributed by atoms with Gasteiger partial charge in [0, 0.05) is 10.9 Å². The number of hydrogen-bond acceptors (Lipinski definition) is 3. The number of esters is 1. The van der Waals surface area contributed by atoms with E-state index in [1.165, 1.54) is 18.4 Å². The average Bonchev–Trinajstić information content (AvgIpc) is 2.86. The number of alkyl halides is 1. The fourth-order valence-electron chi connectivity index (χ4n) is 1.67. The smallest absolute Gasteiger partial charge is 0.348 e. The van der Waals surface area contributed by atoms with Crippen LogP contribution < -0.4 is 0 Å². The maximum absolute atomic E-state index is 11.6. The molecule has 1 heterocycles. The molecule has 2 nitrogen and oxygen atoms in total. The molecule has 0 fully saturated rings. The van der Waals surface area contributed by atoms with Crippen LogP contribution >= 0.6 is 27.3 Å². The van der Waals surface area contributed by atoms with Crippen molar-refractivity contribution >= 4 is 33.2 Å². The number of rotatable bonds is 3. The summed E-state index contributed by atoms with van der Waals surface area (Å²) in [4.78, 5) is 12.3. The van der Waals surface area contributed by atoms with Gasteiger partial charge in [-0.2, -0.15) is 0 Å². The van der Waals surface area contributed by atoms with Gasteiger partial charge in [-0.1, -0.05) is 40.2 Å². The van der Waals surface area contributed by atoms with Gasteiger partial charge in [0.05, 0.1) is 7.11 Å². The van der Waals surface area contributed by atoms with Gasteiger partial charge in [-0.3, -0.25) is 0 Å². The molecule has 0 amide bonds. The molecule has 88 valence electrons. The molecule has 0 aliphatic rings. The topological polar surface area (TPSA) is 26.3 Å². The van der Waals surface area contributed by atoms with E-state index in [4.69, 9.17) is 4.74 Å². The zero-order chi connectivity index (χ0) is 12.3. The van der Waals surface area contributed by atoms with Crippen molar-refractivity contribution in [3.05, 3.63) is 46.2 Å². The molecule has 2 aromatic rings. The molecular weight excluding hydrogens is 300 g/mol. The van der Waals surface area contributed by atoms with Crippen molar-refractivity contribution in [2.75, 3.05) is 7.11 Å². The maximum atomic E-state index is 11.6. The van der Waals surface area contributed by atoms with Crippen molar-refractivity contribution in [2.24, 2.45) is 0 Å². The second kappa shape index (κ2) is 5.47. The number of ether oxygens (including phenoxy) is 1. The summed E-state index contributed by atoms with van der Waals surface area (Å²) in [6.45, 7) is 0. The van der Waals surface area contributed by atoms with Crippen molar-refractivity contribution in [3.63, 3.8) is 0 Å². The van der Waals surface area contributed by atoms with Gasteiger partial charge in [0.15, 0.2) is 0 Å². The lowest BCUT2D eigenvalue weighted by Crippen LogP contribution is -2.00. The van der Waals surface area contributed by atoms with Crippen LogP contribution in [0.15, 0.2) is 35.7 Å². The summed E-state index contributed by atoms with van der Waals surface area (Å²) in [7, 11) is 1.40. The third-order valence-corrected chi connectivity index (χ3v) is 3.99. The summed E-state index contributed by atoms with van der Waals surface area (Å²) >= 11 is 4.87. The highest BCUT2D eigenvalue weighted by atomic mass is 79.9. The van der Waals surface area contributed by atoms with Gasteiger partial charge in [0.2, 0.25) is 0 Å². The van der Waals surface area contributed by atoms with Crippen molar-refractivity contribution in [1.29, 1.82) is 0 Å². The van der Waals surface area contributed by atoms with E-state index in [0.717, 1.165) is 22.0 Å². The molecule has 0 saturated carbocycles. The van der Waals surface area contributed by atoms with E-state index in [1.807, 2.05) is 35.7 Å². The predicted molar refractivity (Wildman–Crippen MR) is 73.7 cm³/mol. The van der Waals surface area contributed by atoms with Gasteiger partial charge in [0.25, 0.3) is 0 Å². The Morgan fingerprint density at radius 1 is 1.29 bits per heavy atom. The van der Waals surface area contributed by atoms with E-state index in [0.29, 0.717) is 4.88 Å². The fraction of sp³-hybridized carbons (Fsp3) is 0.154. The maximum Gasteiger partial charge on any atom is 0.348 e. The first-order valence-corrected chi connectivity index (χ1v) is 7.08. The average molecular weight is 311 g/mol. The van der Waals surface area contributed by atoms with Crippen LogP contribution in [0, 0.1) is 0 Å². The minimum absolute atomic E-state index is 0.278. The van der Waals surface area contributed by atoms with Crippen molar-refractivity contribution in [3.8, 4) is 11.1 Å². The number of methoxy groups -OCH3 is 1. The first-order chi connectivity index (χ1) is 8.27. The summed E-state index contributed by atoms with van der Waals surface area (Å²) in [5, 5.41) is 2.67. The summed E-state index contributed by atoms with van der Waals surface area (Å²) in [5.74, 6) is -0.278. The second-order valence-corrected chi connectivity index (χ2v) is 4.92. The molecule has 0 spiro atoms. The number of carbonyl (C=O) groups excluding carboxylic acids is 1. The van der Waals surface area contributed by atoms with Gasteiger partial charge >= 0.3 is 5.97 Å². The normalized spacial score (nSPS) is 10.2. The van der Waals surface area contributed by atoms with Crippen molar-refractivity contribution in [1.82, 2.24) is 0 Å². The van der Waals surface area contributed by atoms with Crippen LogP contribution in [0.1, 0.15) is 15.2 Å². The molecule has 2 rings (SSSR count). The van der Waals surface area contributed by atoms with Crippen LogP contribution in [-0.2, 0) is 10.1 Å². The summed E-state index contributed by atoms with van der Waals surface area (Å²) in [6.07, 6.45) is 0. The Morgan fingerprint density at radius 3 is 2.76 bits per heavy atom. The molecule has 4 heteroatoms. The van der Waals surface area contributed by atoms with Crippen LogP contribution in [0.5, 0.6) is 0 Å². The highest BCUT2D eigenvalue weighted by Crippen LogP contribution is 2.32. The van der Waals surface area contributed by atoms with Gasteiger partial charge in [-0.25, -0.2) is 4.79 Å². The largest absolute Gasteiger partial charge is 0.465 e. The molecule has 0 atom stereocenters. The third kappa shape index (κ3) is 2.42. The van der Waals surface area contributed by atoms with E-state index in [-0.39, 0.29) is 5.97 Å². The minimum Gasteiger partial charge on any atom is -0.465 e. The van der Waals surface area contributed by atoms with Crippen LogP contribution in [0.25, 0.3) is 11.1 Å². The van der Waals surface area contributed by atoms with Crippen LogP contribution in [0.2, 0.25) is 0 Å². The lowest BCUT2D eigenvalue weighted by Gasteiger charge is -2.07. The summed E-state index contributed by atoms with van der Waals surface area (Å²) in [6, 6.07) is 9.98. The number of halogens is 1. The second-order valence-electron chi connectivity index (χ2n) is 3.45. The molecule has 0 N–H and O–H groups in total. The van der Waals surface area contributed by atoms with E-state index < -0.39 is 0 Å². The lowest BCUT2D eigenvalue weighted by atomic mass is 10.0. The number of hydrogen-bond donors (Lipinski definition) is 0. The molecule has 0 aliphatic carbocycles. The molecule has 0 unspecified atom stereocenters. The Bertz CT molecular complexity index is 534. The number of benzene rings is 1. The minimum atomic E-state index is -0.278. The Labute approximate surface area is 112 Å². The van der Waals surface area contributed by atoms with Gasteiger partial charge < -0.3 is 4.74 Å². The monoisotopic (exact) mass is 310 g/mol. The van der Waals surface area contributed by atoms with E-state index in [2.05, 4.69) is 15.9 Å². The fourth-order valence-corrected chi connectivity index (χ4v) is 2.99. The molecule has 0 aliphatic heterocycles. The molecule has 1 aromatic carbocycles. The number of carbonyl (C=O) groups is 1. The summed E-state index contributed by atoms with van der Waals surface area (Å²) < 4.78 is 4.79. The first-order valence-electron chi connectivity index (χ1n) is 5.08. The highest BCUT2D eigenvalue weighted by Gasteiger charge is 2.16. The Balaban J connectivity index is 2.53. The first kappa shape index (κ1) is 12.3. The molecule has 0 bridgehead atoms. The lowest BCUT2D eigenvalue weighted by molar-refractivity contribution is 0.0607. The van der Waals surface area contributed by atoms with Gasteiger partial charge in [-0.05, 0) is 22.6 Å². The quantitative estimate of drug-likeness (QED) is 0.630. The SMILES string of the molecule is COC(=O)c1sccc1-c1ccccc1CBr. The Hall–Kier alpha value is -1.13.